The highest BCUT2D eigenvalue weighted by atomic mass is 16.3. The van der Waals surface area contributed by atoms with Crippen molar-refractivity contribution in [3.63, 3.8) is 0 Å². The van der Waals surface area contributed by atoms with Gasteiger partial charge in [-0.2, -0.15) is 0 Å². The number of aryl methyl sites for hydroxylation is 1. The molecule has 98 valence electrons. The molecular weight excluding hydrogens is 226 g/mol. The number of anilines is 1. The summed E-state index contributed by atoms with van der Waals surface area (Å²) in [5.74, 6) is 0.420. The molecule has 0 aromatic heterocycles. The Morgan fingerprint density at radius 1 is 1.39 bits per heavy atom. The molecule has 1 aliphatic heterocycles. The maximum atomic E-state index is 11.6. The van der Waals surface area contributed by atoms with Gasteiger partial charge in [-0.05, 0) is 29.5 Å². The van der Waals surface area contributed by atoms with Gasteiger partial charge in [0.15, 0.2) is 0 Å². The zero-order valence-electron chi connectivity index (χ0n) is 11.3. The molecule has 0 saturated heterocycles. The SMILES string of the molecule is CCC(C)C(O)c1ccc2c(c1)CCC(=O)N2C. The molecular formula is C15H21NO2. The van der Waals surface area contributed by atoms with E-state index in [0.717, 1.165) is 29.7 Å². The number of benzene rings is 1. The van der Waals surface area contributed by atoms with E-state index in [1.165, 1.54) is 0 Å². The van der Waals surface area contributed by atoms with E-state index >= 15 is 0 Å². The van der Waals surface area contributed by atoms with Crippen LogP contribution in [0.3, 0.4) is 0 Å². The Bertz CT molecular complexity index is 456. The molecule has 0 saturated carbocycles. The van der Waals surface area contributed by atoms with Gasteiger partial charge in [-0.3, -0.25) is 4.79 Å². The Hall–Kier alpha value is -1.35. The monoisotopic (exact) mass is 247 g/mol. The lowest BCUT2D eigenvalue weighted by Gasteiger charge is -2.27. The van der Waals surface area contributed by atoms with Crippen LogP contribution in [-0.4, -0.2) is 18.1 Å². The van der Waals surface area contributed by atoms with Crippen LogP contribution in [0, 0.1) is 5.92 Å². The molecule has 0 fully saturated rings. The number of aliphatic hydroxyl groups excluding tert-OH is 1. The van der Waals surface area contributed by atoms with Gasteiger partial charge >= 0.3 is 0 Å². The highest BCUT2D eigenvalue weighted by Crippen LogP contribution is 2.31. The number of rotatable bonds is 3. The second kappa shape index (κ2) is 5.11. The topological polar surface area (TPSA) is 40.5 Å². The third-order valence-corrected chi connectivity index (χ3v) is 3.97. The molecule has 1 aliphatic rings. The van der Waals surface area contributed by atoms with E-state index in [0.29, 0.717) is 6.42 Å². The molecule has 1 amide bonds. The maximum absolute atomic E-state index is 11.6. The molecule has 1 aromatic carbocycles. The van der Waals surface area contributed by atoms with Gasteiger partial charge in [0.05, 0.1) is 6.10 Å². The maximum Gasteiger partial charge on any atom is 0.227 e. The summed E-state index contributed by atoms with van der Waals surface area (Å²) >= 11 is 0. The molecule has 0 bridgehead atoms. The molecule has 3 nitrogen and oxygen atoms in total. The number of hydrogen-bond acceptors (Lipinski definition) is 2. The molecule has 1 heterocycles. The summed E-state index contributed by atoms with van der Waals surface area (Å²) in [4.78, 5) is 13.3. The fourth-order valence-electron chi connectivity index (χ4n) is 2.41. The van der Waals surface area contributed by atoms with Gasteiger partial charge in [-0.25, -0.2) is 0 Å². The van der Waals surface area contributed by atoms with Crippen LogP contribution in [0.2, 0.25) is 0 Å². The molecule has 1 aromatic rings. The first-order chi connectivity index (χ1) is 8.54. The molecule has 2 rings (SSSR count). The second-order valence-electron chi connectivity index (χ2n) is 5.17. The summed E-state index contributed by atoms with van der Waals surface area (Å²) in [6.07, 6.45) is 1.88. The quantitative estimate of drug-likeness (QED) is 0.892. The third-order valence-electron chi connectivity index (χ3n) is 3.97. The van der Waals surface area contributed by atoms with Crippen LogP contribution in [-0.2, 0) is 11.2 Å². The Kier molecular flexibility index (Phi) is 3.71. The van der Waals surface area contributed by atoms with Crippen molar-refractivity contribution in [1.29, 1.82) is 0 Å². The third kappa shape index (κ3) is 2.27. The summed E-state index contributed by atoms with van der Waals surface area (Å²) in [6.45, 7) is 4.14. The molecule has 3 heteroatoms. The predicted octanol–water partition coefficient (Wildman–Crippen LogP) is 2.68. The van der Waals surface area contributed by atoms with E-state index in [1.54, 1.807) is 4.90 Å². The van der Waals surface area contributed by atoms with E-state index < -0.39 is 6.10 Å². The van der Waals surface area contributed by atoms with Gasteiger partial charge in [0.25, 0.3) is 0 Å². The molecule has 0 spiro atoms. The van der Waals surface area contributed by atoms with Crippen molar-refractivity contribution in [1.82, 2.24) is 0 Å². The number of nitrogens with zero attached hydrogens (tertiary/aromatic N) is 1. The fourth-order valence-corrected chi connectivity index (χ4v) is 2.41. The van der Waals surface area contributed by atoms with Crippen molar-refractivity contribution >= 4 is 11.6 Å². The summed E-state index contributed by atoms with van der Waals surface area (Å²) in [6, 6.07) is 5.94. The normalized spacial score (nSPS) is 18.4. The number of fused-ring (bicyclic) bond motifs is 1. The van der Waals surface area contributed by atoms with Crippen LogP contribution in [0.5, 0.6) is 0 Å². The van der Waals surface area contributed by atoms with Crippen LogP contribution in [0.15, 0.2) is 18.2 Å². The van der Waals surface area contributed by atoms with Crippen LogP contribution in [0.25, 0.3) is 0 Å². The Balaban J connectivity index is 2.31. The van der Waals surface area contributed by atoms with Gasteiger partial charge in [0.1, 0.15) is 0 Å². The minimum Gasteiger partial charge on any atom is -0.388 e. The second-order valence-corrected chi connectivity index (χ2v) is 5.17. The lowest BCUT2D eigenvalue weighted by Crippen LogP contribution is -2.31. The Morgan fingerprint density at radius 2 is 2.11 bits per heavy atom. The summed E-state index contributed by atoms with van der Waals surface area (Å²) in [5, 5.41) is 10.2. The van der Waals surface area contributed by atoms with E-state index in [9.17, 15) is 9.90 Å². The van der Waals surface area contributed by atoms with E-state index in [2.05, 4.69) is 19.9 Å². The predicted molar refractivity (Wildman–Crippen MR) is 72.6 cm³/mol. The first-order valence-electron chi connectivity index (χ1n) is 6.62. The standard InChI is InChI=1S/C15H21NO2/c1-4-10(2)15(18)12-5-7-13-11(9-12)6-8-14(17)16(13)3/h5,7,9-10,15,18H,4,6,8H2,1-3H3. The highest BCUT2D eigenvalue weighted by Gasteiger charge is 2.22. The van der Waals surface area contributed by atoms with Crippen molar-refractivity contribution in [2.45, 2.75) is 39.2 Å². The molecule has 18 heavy (non-hydrogen) atoms. The van der Waals surface area contributed by atoms with Crippen LogP contribution >= 0.6 is 0 Å². The summed E-state index contributed by atoms with van der Waals surface area (Å²) < 4.78 is 0. The average Bonchev–Trinajstić information content (AvgIpc) is 2.41. The van der Waals surface area contributed by atoms with Gasteiger partial charge in [-0.1, -0.05) is 32.4 Å². The van der Waals surface area contributed by atoms with Gasteiger partial charge in [0, 0.05) is 19.2 Å². The average molecular weight is 247 g/mol. The zero-order valence-corrected chi connectivity index (χ0v) is 11.3. The van der Waals surface area contributed by atoms with Gasteiger partial charge < -0.3 is 10.0 Å². The van der Waals surface area contributed by atoms with E-state index in [4.69, 9.17) is 0 Å². The van der Waals surface area contributed by atoms with Crippen molar-refractivity contribution in [3.8, 4) is 0 Å². The first kappa shape index (κ1) is 13.1. The van der Waals surface area contributed by atoms with E-state index in [-0.39, 0.29) is 11.8 Å². The molecule has 2 atom stereocenters. The lowest BCUT2D eigenvalue weighted by molar-refractivity contribution is -0.118. The van der Waals surface area contributed by atoms with Crippen LogP contribution in [0.4, 0.5) is 5.69 Å². The largest absolute Gasteiger partial charge is 0.388 e. The highest BCUT2D eigenvalue weighted by molar-refractivity contribution is 5.95. The number of carbonyl (C=O) groups is 1. The van der Waals surface area contributed by atoms with Crippen LogP contribution in [0.1, 0.15) is 43.9 Å². The van der Waals surface area contributed by atoms with E-state index in [1.807, 2.05) is 19.2 Å². The minimum absolute atomic E-state index is 0.165. The van der Waals surface area contributed by atoms with Gasteiger partial charge in [0.2, 0.25) is 5.91 Å². The number of hydrogen-bond donors (Lipinski definition) is 1. The smallest absolute Gasteiger partial charge is 0.227 e. The number of aliphatic hydroxyl groups is 1. The molecule has 0 radical (unpaired) electrons. The first-order valence-corrected chi connectivity index (χ1v) is 6.62. The number of carbonyl (C=O) groups excluding carboxylic acids is 1. The van der Waals surface area contributed by atoms with Crippen molar-refractivity contribution < 1.29 is 9.90 Å². The lowest BCUT2D eigenvalue weighted by atomic mass is 9.91. The zero-order chi connectivity index (χ0) is 13.3. The number of amides is 1. The summed E-state index contributed by atoms with van der Waals surface area (Å²) in [7, 11) is 1.81. The van der Waals surface area contributed by atoms with Crippen LogP contribution < -0.4 is 4.90 Å². The molecule has 0 aliphatic carbocycles. The van der Waals surface area contributed by atoms with Crippen molar-refractivity contribution in [3.05, 3.63) is 29.3 Å². The Labute approximate surface area is 108 Å². The molecule has 2 unspecified atom stereocenters. The van der Waals surface area contributed by atoms with Gasteiger partial charge in [-0.15, -0.1) is 0 Å². The fraction of sp³-hybridized carbons (Fsp3) is 0.533. The van der Waals surface area contributed by atoms with Crippen molar-refractivity contribution in [2.75, 3.05) is 11.9 Å². The minimum atomic E-state index is -0.414. The Morgan fingerprint density at radius 3 is 2.78 bits per heavy atom. The van der Waals surface area contributed by atoms with Crippen molar-refractivity contribution in [2.24, 2.45) is 5.92 Å². The molecule has 1 N–H and O–H groups in total. The summed E-state index contributed by atoms with van der Waals surface area (Å²) in [5.41, 5.74) is 3.11.